The molecule has 39 heavy (non-hydrogen) atoms. The predicted octanol–water partition coefficient (Wildman–Crippen LogP) is 1.20. The number of rotatable bonds is 16. The predicted molar refractivity (Wildman–Crippen MR) is 150 cm³/mol. The zero-order valence-corrected chi connectivity index (χ0v) is 28.5. The van der Waals surface area contributed by atoms with Crippen LogP contribution in [0, 0.1) is 0 Å². The lowest BCUT2D eigenvalue weighted by Crippen LogP contribution is -2.42. The maximum atomic E-state index is 11.6. The summed E-state index contributed by atoms with van der Waals surface area (Å²) in [6, 6.07) is 1.49. The molecule has 3 N–H and O–H groups in total. The highest BCUT2D eigenvalue weighted by Gasteiger charge is 2.36. The molecule has 0 saturated heterocycles. The number of unbranched alkanes of at least 4 members (excludes halogenated alkanes) is 1. The van der Waals surface area contributed by atoms with Crippen molar-refractivity contribution in [3.63, 3.8) is 0 Å². The van der Waals surface area contributed by atoms with Crippen molar-refractivity contribution in [3.8, 4) is 0 Å². The molecule has 14 nitrogen and oxygen atoms in total. The summed E-state index contributed by atoms with van der Waals surface area (Å²) in [7, 11) is 6.41. The largest absolute Gasteiger partial charge is 0.549 e. The number of aliphatic hydroxyl groups is 3. The molecule has 0 aromatic heterocycles. The first-order valence-electron chi connectivity index (χ1n) is 11.6. The average molecular weight is 625 g/mol. The van der Waals surface area contributed by atoms with E-state index < -0.39 is 32.9 Å². The minimum Gasteiger partial charge on any atom is -0.462 e. The fraction of sp³-hybridized carbons (Fsp3) is 0.818. The lowest BCUT2D eigenvalue weighted by Gasteiger charge is -2.24. The van der Waals surface area contributed by atoms with Gasteiger partial charge in [0.05, 0.1) is 6.61 Å². The van der Waals surface area contributed by atoms with Crippen LogP contribution in [-0.4, -0.2) is 125 Å². The van der Waals surface area contributed by atoms with Gasteiger partial charge in [-0.3, -0.25) is 13.7 Å². The molecule has 0 aromatic rings. The van der Waals surface area contributed by atoms with Gasteiger partial charge in [0.2, 0.25) is 0 Å². The van der Waals surface area contributed by atoms with Gasteiger partial charge in [0, 0.05) is 94.5 Å². The number of ketones is 1. The average Bonchev–Trinajstić information content (AvgIpc) is 2.99. The Morgan fingerprint density at radius 1 is 0.718 bits per heavy atom. The van der Waals surface area contributed by atoms with Gasteiger partial charge in [-0.15, -0.1) is 0 Å². The second-order valence-corrected chi connectivity index (χ2v) is 13.0. The number of esters is 1. The minimum absolute atomic E-state index is 0.0732. The van der Waals surface area contributed by atoms with Crippen molar-refractivity contribution in [2.24, 2.45) is 0 Å². The third-order valence-electron chi connectivity index (χ3n) is 4.45. The first kappa shape index (κ1) is 50.6. The van der Waals surface area contributed by atoms with Gasteiger partial charge in [0.25, 0.3) is 0 Å². The molecular weight excluding hydrogens is 572 g/mol. The summed E-state index contributed by atoms with van der Waals surface area (Å²) in [4.78, 5) is 22.8. The Hall–Kier alpha value is -1.23. The molecule has 0 unspecified atom stereocenters. The maximum Gasteiger partial charge on any atom is 0.549 e. The van der Waals surface area contributed by atoms with Gasteiger partial charge in [-0.1, -0.05) is 13.5 Å². The highest BCUT2D eigenvalue weighted by atomic mass is 28.4. The van der Waals surface area contributed by atoms with Gasteiger partial charge >= 0.3 is 32.9 Å². The number of ether oxygens (including phenoxy) is 1. The number of hydrogen-bond acceptors (Lipinski definition) is 14. The van der Waals surface area contributed by atoms with Crippen LogP contribution in [0.2, 0.25) is 12.1 Å². The zero-order valence-electron chi connectivity index (χ0n) is 25.5. The molecule has 236 valence electrons. The molecule has 0 radical (unpaired) electrons. The van der Waals surface area contributed by atoms with Gasteiger partial charge in [-0.05, 0) is 19.8 Å². The number of carbonyl (C=O) groups excluding carboxylic acids is 2. The molecule has 0 bridgehead atoms. The number of carbonyl (C=O) groups is 2. The fourth-order valence-corrected chi connectivity index (χ4v) is 5.57. The topological polar surface area (TPSA) is 194 Å². The van der Waals surface area contributed by atoms with E-state index in [0.717, 1.165) is 40.2 Å². The van der Waals surface area contributed by atoms with E-state index in [1.165, 1.54) is 0 Å². The molecule has 0 spiro atoms. The molecule has 0 fully saturated rings. The lowest BCUT2D eigenvalue weighted by atomic mass is 10.1. The fourth-order valence-electron chi connectivity index (χ4n) is 2.41. The monoisotopic (exact) mass is 624 g/mol. The quantitative estimate of drug-likeness (QED) is 0.0959. The second kappa shape index (κ2) is 38.9. The van der Waals surface area contributed by atoms with E-state index in [9.17, 15) is 9.59 Å². The Balaban J connectivity index is -0.000000125. The van der Waals surface area contributed by atoms with E-state index in [0.29, 0.717) is 18.0 Å². The Morgan fingerprint density at radius 3 is 1.33 bits per heavy atom. The van der Waals surface area contributed by atoms with Gasteiger partial charge in [0.15, 0.2) is 0 Å². The molecule has 0 aliphatic heterocycles. The molecule has 0 aliphatic carbocycles. The summed E-state index contributed by atoms with van der Waals surface area (Å²) >= 11 is 0. The third kappa shape index (κ3) is 31.2. The zero-order chi connectivity index (χ0) is 32.3. The first-order valence-corrected chi connectivity index (χ1v) is 16.2. The van der Waals surface area contributed by atoms with Gasteiger partial charge < -0.3 is 46.6 Å². The Bertz CT molecular complexity index is 555. The van der Waals surface area contributed by atoms with E-state index in [4.69, 9.17) is 55.5 Å². The smallest absolute Gasteiger partial charge is 0.462 e. The van der Waals surface area contributed by atoms with Crippen LogP contribution >= 0.6 is 0 Å². The molecule has 0 rings (SSSR count). The molecule has 0 saturated carbocycles. The van der Waals surface area contributed by atoms with Crippen molar-refractivity contribution < 1.29 is 65.1 Å². The molecule has 0 aliphatic rings. The van der Waals surface area contributed by atoms with E-state index in [1.54, 1.807) is 49.6 Å². The summed E-state index contributed by atoms with van der Waals surface area (Å²) in [5, 5.41) is 21.0. The Labute approximate surface area is 238 Å². The van der Waals surface area contributed by atoms with Crippen LogP contribution in [0.4, 0.5) is 0 Å². The van der Waals surface area contributed by atoms with Crippen LogP contribution in [0.5, 0.6) is 0 Å². The molecule has 0 atom stereocenters. The van der Waals surface area contributed by atoms with Crippen molar-refractivity contribution in [2.45, 2.75) is 51.6 Å². The number of aliphatic hydroxyl groups excluding tert-OH is 3. The summed E-state index contributed by atoms with van der Waals surface area (Å²) in [6.07, 6.45) is 2.21. The van der Waals surface area contributed by atoms with Crippen LogP contribution in [0.15, 0.2) is 12.2 Å². The summed E-state index contributed by atoms with van der Waals surface area (Å²) in [5.41, 5.74) is 0.336. The molecule has 17 heteroatoms. The number of Topliss-reactive ketones (excluding diaryl/α,β-unsaturated/α-hetero) is 1. The number of hydrogen-bond donors (Lipinski definition) is 3. The van der Waals surface area contributed by atoms with Crippen molar-refractivity contribution in [1.29, 1.82) is 0 Å². The highest BCUT2D eigenvalue weighted by Crippen LogP contribution is 2.17. The van der Waals surface area contributed by atoms with Crippen molar-refractivity contribution in [3.05, 3.63) is 12.2 Å². The van der Waals surface area contributed by atoms with Crippen LogP contribution in [0.3, 0.4) is 0 Å². The SMILES string of the molecule is C=C(C)C(=O)OCCC(=O)CCCC[Si](OC)(OC)OC.CC[Si](OC)(OC)OC.CO.CO.CO.O=[Si]=O. The highest BCUT2D eigenvalue weighted by molar-refractivity contribution is 6.60. The Morgan fingerprint density at radius 2 is 1.08 bits per heavy atom. The summed E-state index contributed by atoms with van der Waals surface area (Å²) in [5.74, 6) is -0.386. The van der Waals surface area contributed by atoms with Crippen molar-refractivity contribution in [2.75, 3.05) is 70.6 Å². The minimum atomic E-state index is -2.53. The molecule has 0 heterocycles. The summed E-state index contributed by atoms with van der Waals surface area (Å²) in [6.45, 7) is 7.14. The van der Waals surface area contributed by atoms with E-state index in [-0.39, 0.29) is 18.8 Å². The van der Waals surface area contributed by atoms with Gasteiger partial charge in [0.1, 0.15) is 5.78 Å². The lowest BCUT2D eigenvalue weighted by molar-refractivity contribution is -0.139. The van der Waals surface area contributed by atoms with Gasteiger partial charge in [-0.25, -0.2) is 4.79 Å². The van der Waals surface area contributed by atoms with E-state index in [1.807, 2.05) is 6.92 Å². The first-order chi connectivity index (χ1) is 18.6. The van der Waals surface area contributed by atoms with Crippen LogP contribution in [0.1, 0.15) is 39.5 Å². The van der Waals surface area contributed by atoms with Crippen molar-refractivity contribution >= 4 is 38.7 Å². The normalized spacial score (nSPS) is 9.49. The maximum absolute atomic E-state index is 11.6. The van der Waals surface area contributed by atoms with E-state index in [2.05, 4.69) is 6.58 Å². The third-order valence-corrected chi connectivity index (χ3v) is 10.0. The second-order valence-electron chi connectivity index (χ2n) is 6.44. The van der Waals surface area contributed by atoms with Gasteiger partial charge in [-0.2, -0.15) is 0 Å². The summed E-state index contributed by atoms with van der Waals surface area (Å²) < 4.78 is 52.8. The Kier molecular flexibility index (Phi) is 50.5. The van der Waals surface area contributed by atoms with Crippen LogP contribution in [0.25, 0.3) is 0 Å². The van der Waals surface area contributed by atoms with E-state index >= 15 is 0 Å². The molecule has 0 amide bonds. The van der Waals surface area contributed by atoms with Crippen LogP contribution in [-0.2, 0) is 49.8 Å². The molecule has 0 aromatic carbocycles. The van der Waals surface area contributed by atoms with Crippen LogP contribution < -0.4 is 0 Å². The molecular formula is C22H52O14Si3. The van der Waals surface area contributed by atoms with Crippen molar-refractivity contribution in [1.82, 2.24) is 0 Å². The standard InChI is InChI=1S/C14H26O6Si.C5H14O3Si.3CH4O.O2Si/c1-12(2)14(16)20-10-9-13(15)8-6-7-11-21(17-3,18-4)19-5;1-5-9(6-2,7-3)8-4;3*1-2;1-3-2/h1,6-11H2,2-5H3;5H2,1-4H3;3*2H,1H3;.